The van der Waals surface area contributed by atoms with Crippen LogP contribution in [0.1, 0.15) is 18.4 Å². The van der Waals surface area contributed by atoms with Crippen LogP contribution in [0.2, 0.25) is 0 Å². The number of likely N-dealkylation sites (tertiary alicyclic amines) is 1. The lowest BCUT2D eigenvalue weighted by atomic mass is 9.75. The number of carbonyl (C=O) groups is 1. The van der Waals surface area contributed by atoms with E-state index in [1.54, 1.807) is 23.0 Å². The summed E-state index contributed by atoms with van der Waals surface area (Å²) in [5.41, 5.74) is 0.601. The van der Waals surface area contributed by atoms with Crippen LogP contribution in [-0.2, 0) is 18.3 Å². The van der Waals surface area contributed by atoms with Crippen LogP contribution in [0.25, 0.3) is 0 Å². The third-order valence-corrected chi connectivity index (χ3v) is 5.86. The van der Waals surface area contributed by atoms with E-state index in [0.717, 1.165) is 18.4 Å². The minimum atomic E-state index is -0.374. The van der Waals surface area contributed by atoms with Crippen molar-refractivity contribution in [1.82, 2.24) is 19.7 Å². The summed E-state index contributed by atoms with van der Waals surface area (Å²) in [6, 6.07) is 6.36. The van der Waals surface area contributed by atoms with Gasteiger partial charge >= 0.3 is 0 Å². The molecule has 1 atom stereocenters. The second-order valence-corrected chi connectivity index (χ2v) is 7.84. The molecule has 1 aromatic carbocycles. The highest BCUT2D eigenvalue weighted by Crippen LogP contribution is 2.34. The molecule has 1 fully saturated rings. The number of thioether (sulfide) groups is 1. The van der Waals surface area contributed by atoms with Gasteiger partial charge in [0.05, 0.1) is 12.4 Å². The van der Waals surface area contributed by atoms with Crippen LogP contribution in [0.5, 0.6) is 0 Å². The molecular weight excluding hydrogens is 355 g/mol. The molecule has 140 valence electrons. The van der Waals surface area contributed by atoms with Crippen LogP contribution >= 0.6 is 11.8 Å². The molecule has 6 nitrogen and oxygen atoms in total. The van der Waals surface area contributed by atoms with E-state index in [9.17, 15) is 14.3 Å². The molecule has 1 N–H and O–H groups in total. The van der Waals surface area contributed by atoms with Gasteiger partial charge in [-0.3, -0.25) is 4.79 Å². The Hall–Kier alpha value is -1.93. The summed E-state index contributed by atoms with van der Waals surface area (Å²) >= 11 is 1.36. The monoisotopic (exact) mass is 378 g/mol. The van der Waals surface area contributed by atoms with Crippen LogP contribution in [0, 0.1) is 11.2 Å². The average molecular weight is 378 g/mol. The molecule has 2 heterocycles. The summed E-state index contributed by atoms with van der Waals surface area (Å²) in [6.45, 7) is 1.22. The molecule has 1 aliphatic rings. The third-order valence-electron chi connectivity index (χ3n) is 4.84. The zero-order valence-corrected chi connectivity index (χ0v) is 15.6. The number of halogens is 1. The molecule has 3 rings (SSSR count). The van der Waals surface area contributed by atoms with Gasteiger partial charge in [-0.15, -0.1) is 10.2 Å². The van der Waals surface area contributed by atoms with Crippen LogP contribution in [0.15, 0.2) is 35.7 Å². The zero-order valence-electron chi connectivity index (χ0n) is 14.8. The minimum Gasteiger partial charge on any atom is -0.396 e. The molecule has 0 spiro atoms. The van der Waals surface area contributed by atoms with E-state index in [1.165, 1.54) is 23.9 Å². The number of piperidine rings is 1. The van der Waals surface area contributed by atoms with Gasteiger partial charge in [0.25, 0.3) is 0 Å². The largest absolute Gasteiger partial charge is 0.396 e. The number of amides is 1. The number of carbonyl (C=O) groups excluding carboxylic acids is 1. The van der Waals surface area contributed by atoms with E-state index in [0.29, 0.717) is 30.4 Å². The quantitative estimate of drug-likeness (QED) is 0.778. The summed E-state index contributed by atoms with van der Waals surface area (Å²) in [5.74, 6) is 0.0626. The Morgan fingerprint density at radius 2 is 2.15 bits per heavy atom. The van der Waals surface area contributed by atoms with Crippen molar-refractivity contribution < 1.29 is 14.3 Å². The zero-order chi connectivity index (χ0) is 18.6. The van der Waals surface area contributed by atoms with E-state index >= 15 is 0 Å². The number of aryl methyl sites for hydroxylation is 1. The lowest BCUT2D eigenvalue weighted by molar-refractivity contribution is -0.132. The molecule has 26 heavy (non-hydrogen) atoms. The van der Waals surface area contributed by atoms with E-state index in [-0.39, 0.29) is 23.7 Å². The summed E-state index contributed by atoms with van der Waals surface area (Å²) in [7, 11) is 1.84. The van der Waals surface area contributed by atoms with Crippen molar-refractivity contribution >= 4 is 17.7 Å². The Morgan fingerprint density at radius 3 is 2.81 bits per heavy atom. The maximum Gasteiger partial charge on any atom is 0.233 e. The smallest absolute Gasteiger partial charge is 0.233 e. The summed E-state index contributed by atoms with van der Waals surface area (Å²) in [6.07, 6.45) is 3.93. The van der Waals surface area contributed by atoms with Gasteiger partial charge in [0.15, 0.2) is 5.16 Å². The van der Waals surface area contributed by atoms with Crippen molar-refractivity contribution in [2.75, 3.05) is 25.4 Å². The first-order valence-electron chi connectivity index (χ1n) is 8.61. The number of benzene rings is 1. The minimum absolute atomic E-state index is 0.00455. The highest BCUT2D eigenvalue weighted by atomic mass is 32.2. The molecule has 0 saturated carbocycles. The lowest BCUT2D eigenvalue weighted by Crippen LogP contribution is -2.49. The summed E-state index contributed by atoms with van der Waals surface area (Å²) < 4.78 is 14.9. The van der Waals surface area contributed by atoms with Crippen molar-refractivity contribution in [3.05, 3.63) is 42.0 Å². The Bertz CT molecular complexity index is 752. The van der Waals surface area contributed by atoms with Gasteiger partial charge in [-0.05, 0) is 37.0 Å². The molecule has 8 heteroatoms. The third kappa shape index (κ3) is 4.42. The lowest BCUT2D eigenvalue weighted by Gasteiger charge is -2.42. The SMILES string of the molecule is Cn1cnnc1SCC(=O)N1CCCC(CO)(Cc2ccc(F)cc2)C1. The Kier molecular flexibility index (Phi) is 5.93. The Balaban J connectivity index is 1.63. The van der Waals surface area contributed by atoms with Crippen LogP contribution < -0.4 is 0 Å². The number of hydrogen-bond acceptors (Lipinski definition) is 5. The van der Waals surface area contributed by atoms with Gasteiger partial charge in [-0.1, -0.05) is 23.9 Å². The summed E-state index contributed by atoms with van der Waals surface area (Å²) in [5, 5.41) is 18.5. The average Bonchev–Trinajstić information content (AvgIpc) is 3.07. The fourth-order valence-corrected chi connectivity index (χ4v) is 4.20. The molecule has 1 aliphatic heterocycles. The number of nitrogens with zero attached hydrogens (tertiary/aromatic N) is 4. The Morgan fingerprint density at radius 1 is 1.38 bits per heavy atom. The number of aliphatic hydroxyl groups excluding tert-OH is 1. The van der Waals surface area contributed by atoms with Gasteiger partial charge < -0.3 is 14.6 Å². The predicted molar refractivity (Wildman–Crippen MR) is 97.2 cm³/mol. The maximum absolute atomic E-state index is 13.1. The topological polar surface area (TPSA) is 71.2 Å². The molecular formula is C18H23FN4O2S. The second kappa shape index (κ2) is 8.18. The highest BCUT2D eigenvalue weighted by molar-refractivity contribution is 7.99. The van der Waals surface area contributed by atoms with Crippen LogP contribution in [0.4, 0.5) is 4.39 Å². The standard InChI is InChI=1S/C18H23FN4O2S/c1-22-13-20-21-17(22)26-10-16(25)23-8-2-7-18(11-23,12-24)9-14-3-5-15(19)6-4-14/h3-6,13,24H,2,7-12H2,1H3. The first-order valence-corrected chi connectivity index (χ1v) is 9.60. The van der Waals surface area contributed by atoms with Crippen molar-refractivity contribution in [2.24, 2.45) is 12.5 Å². The Labute approximate surface area is 156 Å². The van der Waals surface area contributed by atoms with E-state index in [2.05, 4.69) is 10.2 Å². The molecule has 0 aliphatic carbocycles. The second-order valence-electron chi connectivity index (χ2n) is 6.89. The van der Waals surface area contributed by atoms with Crippen molar-refractivity contribution in [3.63, 3.8) is 0 Å². The van der Waals surface area contributed by atoms with E-state index < -0.39 is 0 Å². The van der Waals surface area contributed by atoms with Crippen molar-refractivity contribution in [1.29, 1.82) is 0 Å². The van der Waals surface area contributed by atoms with Crippen LogP contribution in [-0.4, -0.2) is 56.1 Å². The van der Waals surface area contributed by atoms with Crippen molar-refractivity contribution in [2.45, 2.75) is 24.4 Å². The molecule has 0 bridgehead atoms. The molecule has 0 radical (unpaired) electrons. The van der Waals surface area contributed by atoms with Crippen LogP contribution in [0.3, 0.4) is 0 Å². The fourth-order valence-electron chi connectivity index (χ4n) is 3.41. The maximum atomic E-state index is 13.1. The van der Waals surface area contributed by atoms with E-state index in [4.69, 9.17) is 0 Å². The highest BCUT2D eigenvalue weighted by Gasteiger charge is 2.36. The van der Waals surface area contributed by atoms with Gasteiger partial charge in [-0.2, -0.15) is 0 Å². The molecule has 1 unspecified atom stereocenters. The summed E-state index contributed by atoms with van der Waals surface area (Å²) in [4.78, 5) is 14.4. The van der Waals surface area contributed by atoms with Gasteiger partial charge in [0, 0.05) is 25.6 Å². The predicted octanol–water partition coefficient (Wildman–Crippen LogP) is 1.89. The van der Waals surface area contributed by atoms with Crippen molar-refractivity contribution in [3.8, 4) is 0 Å². The number of hydrogen-bond donors (Lipinski definition) is 1. The normalized spacial score (nSPS) is 20.3. The number of aromatic nitrogens is 3. The molecule has 1 amide bonds. The number of aliphatic hydroxyl groups is 1. The molecule has 1 saturated heterocycles. The molecule has 2 aromatic rings. The fraction of sp³-hybridized carbons (Fsp3) is 0.500. The van der Waals surface area contributed by atoms with Gasteiger partial charge in [0.1, 0.15) is 12.1 Å². The first-order chi connectivity index (χ1) is 12.5. The van der Waals surface area contributed by atoms with E-state index in [1.807, 2.05) is 11.9 Å². The molecule has 1 aromatic heterocycles. The first kappa shape index (κ1) is 18.8. The van der Waals surface area contributed by atoms with Gasteiger partial charge in [-0.25, -0.2) is 4.39 Å². The van der Waals surface area contributed by atoms with Gasteiger partial charge in [0.2, 0.25) is 5.91 Å². The number of rotatable bonds is 6.